The topological polar surface area (TPSA) is 77.8 Å². The molecule has 0 unspecified atom stereocenters. The van der Waals surface area contributed by atoms with Gasteiger partial charge in [-0.2, -0.15) is 4.98 Å². The molecule has 0 aliphatic heterocycles. The van der Waals surface area contributed by atoms with E-state index in [0.717, 1.165) is 36.1 Å². The second kappa shape index (κ2) is 3.88. The van der Waals surface area contributed by atoms with Gasteiger partial charge < -0.3 is 10.3 Å². The van der Waals surface area contributed by atoms with Crippen molar-refractivity contribution < 1.29 is 4.52 Å². The second-order valence-electron chi connectivity index (χ2n) is 5.11. The van der Waals surface area contributed by atoms with Gasteiger partial charge in [-0.25, -0.2) is 0 Å². The standard InChI is InChI=1S/C13H16N4O/c1-8-6-9(2)10(15-7-8)11-16-12(18-17-11)13(14)4-3-5-13/h6-7H,3-5,14H2,1-2H3. The number of rotatable bonds is 2. The number of hydrogen-bond acceptors (Lipinski definition) is 5. The first-order chi connectivity index (χ1) is 8.58. The van der Waals surface area contributed by atoms with E-state index in [4.69, 9.17) is 10.3 Å². The van der Waals surface area contributed by atoms with E-state index in [9.17, 15) is 0 Å². The van der Waals surface area contributed by atoms with Crippen LogP contribution in [0.3, 0.4) is 0 Å². The van der Waals surface area contributed by atoms with Crippen LogP contribution in [0.25, 0.3) is 11.5 Å². The molecule has 1 fully saturated rings. The molecule has 0 saturated heterocycles. The van der Waals surface area contributed by atoms with Crippen LogP contribution in [0.2, 0.25) is 0 Å². The number of hydrogen-bond donors (Lipinski definition) is 1. The van der Waals surface area contributed by atoms with Crippen molar-refractivity contribution in [3.8, 4) is 11.5 Å². The lowest BCUT2D eigenvalue weighted by Crippen LogP contribution is -2.43. The summed E-state index contributed by atoms with van der Waals surface area (Å²) in [5, 5.41) is 4.00. The van der Waals surface area contributed by atoms with Gasteiger partial charge in [0, 0.05) is 6.20 Å². The highest BCUT2D eigenvalue weighted by atomic mass is 16.5. The van der Waals surface area contributed by atoms with E-state index < -0.39 is 5.54 Å². The van der Waals surface area contributed by atoms with E-state index in [0.29, 0.717) is 11.7 Å². The highest BCUT2D eigenvalue weighted by Crippen LogP contribution is 2.38. The fraction of sp³-hybridized carbons (Fsp3) is 0.462. The third-order valence-corrected chi connectivity index (χ3v) is 3.52. The van der Waals surface area contributed by atoms with Crippen molar-refractivity contribution in [2.45, 2.75) is 38.6 Å². The number of aromatic nitrogens is 3. The van der Waals surface area contributed by atoms with Crippen LogP contribution in [0.15, 0.2) is 16.8 Å². The molecule has 2 aromatic rings. The second-order valence-corrected chi connectivity index (χ2v) is 5.11. The molecule has 0 atom stereocenters. The first kappa shape index (κ1) is 11.3. The molecule has 2 heterocycles. The summed E-state index contributed by atoms with van der Waals surface area (Å²) in [6.45, 7) is 4.00. The van der Waals surface area contributed by atoms with Gasteiger partial charge in [0.25, 0.3) is 0 Å². The van der Waals surface area contributed by atoms with Crippen molar-refractivity contribution in [1.29, 1.82) is 0 Å². The van der Waals surface area contributed by atoms with Gasteiger partial charge in [0.05, 0.1) is 5.54 Å². The smallest absolute Gasteiger partial charge is 0.247 e. The Balaban J connectivity index is 1.97. The van der Waals surface area contributed by atoms with Gasteiger partial charge in [0.15, 0.2) is 0 Å². The molecule has 3 rings (SSSR count). The van der Waals surface area contributed by atoms with Crippen molar-refractivity contribution in [2.24, 2.45) is 5.73 Å². The molecular formula is C13H16N4O. The lowest BCUT2D eigenvalue weighted by molar-refractivity contribution is 0.181. The summed E-state index contributed by atoms with van der Waals surface area (Å²) in [5.74, 6) is 1.06. The molecule has 5 nitrogen and oxygen atoms in total. The van der Waals surface area contributed by atoms with E-state index >= 15 is 0 Å². The zero-order valence-electron chi connectivity index (χ0n) is 10.6. The van der Waals surface area contributed by atoms with Crippen LogP contribution in [-0.2, 0) is 5.54 Å². The summed E-state index contributed by atoms with van der Waals surface area (Å²) in [6, 6.07) is 2.06. The maximum absolute atomic E-state index is 6.16. The molecule has 0 amide bonds. The number of pyridine rings is 1. The SMILES string of the molecule is Cc1cnc(-c2noc(C3(N)CCC3)n2)c(C)c1. The third kappa shape index (κ3) is 1.71. The fourth-order valence-electron chi connectivity index (χ4n) is 2.24. The molecule has 0 radical (unpaired) electrons. The zero-order chi connectivity index (χ0) is 12.8. The van der Waals surface area contributed by atoms with Crippen LogP contribution in [0.1, 0.15) is 36.3 Å². The minimum atomic E-state index is -0.413. The van der Waals surface area contributed by atoms with Crippen molar-refractivity contribution >= 4 is 0 Å². The molecular weight excluding hydrogens is 228 g/mol. The number of aryl methyl sites for hydroxylation is 2. The number of nitrogens with two attached hydrogens (primary N) is 1. The predicted molar refractivity (Wildman–Crippen MR) is 66.7 cm³/mol. The van der Waals surface area contributed by atoms with Crippen molar-refractivity contribution in [2.75, 3.05) is 0 Å². The van der Waals surface area contributed by atoms with E-state index in [1.165, 1.54) is 0 Å². The molecule has 0 spiro atoms. The van der Waals surface area contributed by atoms with E-state index in [-0.39, 0.29) is 0 Å². The lowest BCUT2D eigenvalue weighted by Gasteiger charge is -2.33. The summed E-state index contributed by atoms with van der Waals surface area (Å²) >= 11 is 0. The molecule has 0 bridgehead atoms. The van der Waals surface area contributed by atoms with Crippen LogP contribution in [0.5, 0.6) is 0 Å². The van der Waals surface area contributed by atoms with Crippen LogP contribution < -0.4 is 5.73 Å². The Morgan fingerprint density at radius 1 is 1.33 bits per heavy atom. The molecule has 1 aliphatic carbocycles. The summed E-state index contributed by atoms with van der Waals surface area (Å²) in [5.41, 5.74) is 8.67. The Bertz CT molecular complexity index is 586. The van der Waals surface area contributed by atoms with Gasteiger partial charge in [-0.1, -0.05) is 11.2 Å². The molecule has 1 saturated carbocycles. The average molecular weight is 244 g/mol. The summed E-state index contributed by atoms with van der Waals surface area (Å²) in [4.78, 5) is 8.76. The quantitative estimate of drug-likeness (QED) is 0.875. The van der Waals surface area contributed by atoms with Gasteiger partial charge in [0.2, 0.25) is 11.7 Å². The zero-order valence-corrected chi connectivity index (χ0v) is 10.6. The first-order valence-electron chi connectivity index (χ1n) is 6.15. The molecule has 1 aliphatic rings. The van der Waals surface area contributed by atoms with Gasteiger partial charge in [0.1, 0.15) is 5.69 Å². The molecule has 2 aromatic heterocycles. The predicted octanol–water partition coefficient (Wildman–Crippen LogP) is 2.09. The molecule has 2 N–H and O–H groups in total. The van der Waals surface area contributed by atoms with Crippen molar-refractivity contribution in [3.05, 3.63) is 29.3 Å². The van der Waals surface area contributed by atoms with Crippen LogP contribution in [0, 0.1) is 13.8 Å². The molecule has 0 aromatic carbocycles. The lowest BCUT2D eigenvalue weighted by atomic mass is 9.78. The van der Waals surface area contributed by atoms with Crippen LogP contribution in [-0.4, -0.2) is 15.1 Å². The van der Waals surface area contributed by atoms with E-state index in [2.05, 4.69) is 21.2 Å². The van der Waals surface area contributed by atoms with Crippen LogP contribution in [0.4, 0.5) is 0 Å². The Morgan fingerprint density at radius 3 is 2.72 bits per heavy atom. The van der Waals surface area contributed by atoms with Gasteiger partial charge in [-0.05, 0) is 44.2 Å². The highest BCUT2D eigenvalue weighted by molar-refractivity contribution is 5.54. The monoisotopic (exact) mass is 244 g/mol. The van der Waals surface area contributed by atoms with E-state index in [1.807, 2.05) is 13.8 Å². The molecule has 94 valence electrons. The minimum Gasteiger partial charge on any atom is -0.337 e. The number of nitrogens with zero attached hydrogens (tertiary/aromatic N) is 3. The molecule has 18 heavy (non-hydrogen) atoms. The average Bonchev–Trinajstić information content (AvgIpc) is 2.75. The Kier molecular flexibility index (Phi) is 2.45. The van der Waals surface area contributed by atoms with Gasteiger partial charge >= 0.3 is 0 Å². The van der Waals surface area contributed by atoms with E-state index in [1.54, 1.807) is 6.20 Å². The Hall–Kier alpha value is -1.75. The van der Waals surface area contributed by atoms with Crippen LogP contribution >= 0.6 is 0 Å². The summed E-state index contributed by atoms with van der Waals surface area (Å²) in [7, 11) is 0. The normalized spacial score (nSPS) is 17.5. The minimum absolute atomic E-state index is 0.413. The third-order valence-electron chi connectivity index (χ3n) is 3.52. The van der Waals surface area contributed by atoms with Gasteiger partial charge in [-0.15, -0.1) is 0 Å². The first-order valence-corrected chi connectivity index (χ1v) is 6.15. The van der Waals surface area contributed by atoms with Gasteiger partial charge in [-0.3, -0.25) is 4.98 Å². The Morgan fingerprint density at radius 2 is 2.11 bits per heavy atom. The maximum atomic E-state index is 6.16. The van der Waals surface area contributed by atoms with Crippen molar-refractivity contribution in [3.63, 3.8) is 0 Å². The summed E-state index contributed by atoms with van der Waals surface area (Å²) in [6.07, 6.45) is 4.75. The van der Waals surface area contributed by atoms with Crippen molar-refractivity contribution in [1.82, 2.24) is 15.1 Å². The highest BCUT2D eigenvalue weighted by Gasteiger charge is 2.40. The largest absolute Gasteiger partial charge is 0.337 e. The molecule has 5 heteroatoms. The maximum Gasteiger partial charge on any atom is 0.247 e. The Labute approximate surface area is 105 Å². The fourth-order valence-corrected chi connectivity index (χ4v) is 2.24. The summed E-state index contributed by atoms with van der Waals surface area (Å²) < 4.78 is 5.29.